The Labute approximate surface area is 126 Å². The number of rotatable bonds is 4. The van der Waals surface area contributed by atoms with Gasteiger partial charge in [-0.05, 0) is 61.3 Å². The normalized spacial score (nSPS) is 19.0. The molecule has 0 radical (unpaired) electrons. The van der Waals surface area contributed by atoms with Crippen LogP contribution in [0.4, 0.5) is 0 Å². The molecule has 0 fully saturated rings. The minimum Gasteiger partial charge on any atom is -0.271 e. The van der Waals surface area contributed by atoms with E-state index in [0.29, 0.717) is 5.92 Å². The summed E-state index contributed by atoms with van der Waals surface area (Å²) in [5.41, 5.74) is 8.25. The van der Waals surface area contributed by atoms with Crippen LogP contribution < -0.4 is 11.3 Å². The molecule has 1 aliphatic carbocycles. The van der Waals surface area contributed by atoms with Gasteiger partial charge in [-0.2, -0.15) is 0 Å². The zero-order valence-electron chi connectivity index (χ0n) is 12.5. The van der Waals surface area contributed by atoms with E-state index in [1.165, 1.54) is 36.0 Å². The average molecular weight is 281 g/mol. The first-order valence-electron chi connectivity index (χ1n) is 7.75. The molecule has 0 saturated carbocycles. The van der Waals surface area contributed by atoms with Crippen molar-refractivity contribution in [2.75, 3.05) is 0 Å². The van der Waals surface area contributed by atoms with Crippen molar-refractivity contribution in [2.24, 2.45) is 5.84 Å². The predicted molar refractivity (Wildman–Crippen MR) is 85.8 cm³/mol. The standard InChI is InChI=1S/C18H23N3/c1-13-6-5-11-20-18(13)17(21-19)12-15-9-4-8-14-7-2-3-10-16(14)15/h2-3,5-7,10-11,15,17,21H,4,8-9,12,19H2,1H3. The average Bonchev–Trinajstić information content (AvgIpc) is 2.53. The maximum Gasteiger partial charge on any atom is 0.0640 e. The van der Waals surface area contributed by atoms with E-state index in [1.807, 2.05) is 12.3 Å². The molecule has 0 spiro atoms. The monoisotopic (exact) mass is 281 g/mol. The molecule has 1 aromatic heterocycles. The fourth-order valence-corrected chi connectivity index (χ4v) is 3.51. The minimum atomic E-state index is 0.113. The van der Waals surface area contributed by atoms with Gasteiger partial charge in [-0.3, -0.25) is 16.3 Å². The summed E-state index contributed by atoms with van der Waals surface area (Å²) in [6.45, 7) is 2.10. The van der Waals surface area contributed by atoms with Crippen LogP contribution in [0.5, 0.6) is 0 Å². The van der Waals surface area contributed by atoms with E-state index in [1.54, 1.807) is 0 Å². The summed E-state index contributed by atoms with van der Waals surface area (Å²) < 4.78 is 0. The summed E-state index contributed by atoms with van der Waals surface area (Å²) >= 11 is 0. The number of hydrogen-bond donors (Lipinski definition) is 2. The summed E-state index contributed by atoms with van der Waals surface area (Å²) in [6, 6.07) is 13.0. The molecule has 1 aliphatic rings. The smallest absolute Gasteiger partial charge is 0.0640 e. The molecule has 1 heterocycles. The van der Waals surface area contributed by atoms with Crippen molar-refractivity contribution in [3.8, 4) is 0 Å². The molecule has 3 heteroatoms. The number of benzene rings is 1. The number of nitrogens with one attached hydrogen (secondary N) is 1. The van der Waals surface area contributed by atoms with Crippen molar-refractivity contribution < 1.29 is 0 Å². The van der Waals surface area contributed by atoms with Crippen LogP contribution in [0.2, 0.25) is 0 Å². The van der Waals surface area contributed by atoms with Crippen molar-refractivity contribution in [3.63, 3.8) is 0 Å². The highest BCUT2D eigenvalue weighted by molar-refractivity contribution is 5.33. The van der Waals surface area contributed by atoms with Gasteiger partial charge in [-0.25, -0.2) is 0 Å². The highest BCUT2D eigenvalue weighted by Gasteiger charge is 2.24. The van der Waals surface area contributed by atoms with E-state index in [-0.39, 0.29) is 6.04 Å². The second-order valence-corrected chi connectivity index (χ2v) is 5.95. The molecule has 0 saturated heterocycles. The Hall–Kier alpha value is -1.71. The Bertz CT molecular complexity index is 609. The number of hydrazine groups is 1. The summed E-state index contributed by atoms with van der Waals surface area (Å²) in [6.07, 6.45) is 6.56. The molecule has 2 atom stereocenters. The molecule has 0 amide bonds. The fourth-order valence-electron chi connectivity index (χ4n) is 3.51. The fraction of sp³-hybridized carbons (Fsp3) is 0.389. The van der Waals surface area contributed by atoms with Crippen LogP contribution in [0, 0.1) is 6.92 Å². The Morgan fingerprint density at radius 2 is 2.14 bits per heavy atom. The quantitative estimate of drug-likeness (QED) is 0.667. The van der Waals surface area contributed by atoms with Crippen LogP contribution in [0.25, 0.3) is 0 Å². The zero-order chi connectivity index (χ0) is 14.7. The van der Waals surface area contributed by atoms with E-state index in [0.717, 1.165) is 12.1 Å². The highest BCUT2D eigenvalue weighted by Crippen LogP contribution is 2.37. The molecule has 0 aliphatic heterocycles. The van der Waals surface area contributed by atoms with Gasteiger partial charge in [0.25, 0.3) is 0 Å². The lowest BCUT2D eigenvalue weighted by Crippen LogP contribution is -2.31. The SMILES string of the molecule is Cc1cccnc1C(CC1CCCc2ccccc21)NN. The predicted octanol–water partition coefficient (Wildman–Crippen LogP) is 3.40. The third-order valence-corrected chi connectivity index (χ3v) is 4.60. The minimum absolute atomic E-state index is 0.113. The molecule has 0 bridgehead atoms. The van der Waals surface area contributed by atoms with E-state index in [4.69, 9.17) is 5.84 Å². The lowest BCUT2D eigenvalue weighted by atomic mass is 9.79. The highest BCUT2D eigenvalue weighted by atomic mass is 15.2. The molecule has 3 N–H and O–H groups in total. The van der Waals surface area contributed by atoms with E-state index in [2.05, 4.69) is 47.7 Å². The summed E-state index contributed by atoms with van der Waals surface area (Å²) in [5.74, 6) is 6.39. The molecule has 3 nitrogen and oxygen atoms in total. The molecular formula is C18H23N3. The van der Waals surface area contributed by atoms with Gasteiger partial charge in [0.2, 0.25) is 0 Å². The Morgan fingerprint density at radius 3 is 2.95 bits per heavy atom. The third kappa shape index (κ3) is 2.99. The first-order valence-corrected chi connectivity index (χ1v) is 7.75. The topological polar surface area (TPSA) is 50.9 Å². The van der Waals surface area contributed by atoms with Crippen LogP contribution in [0.15, 0.2) is 42.6 Å². The molecule has 3 rings (SSSR count). The van der Waals surface area contributed by atoms with Gasteiger partial charge >= 0.3 is 0 Å². The van der Waals surface area contributed by atoms with Crippen LogP contribution in [0.3, 0.4) is 0 Å². The first kappa shape index (κ1) is 14.2. The van der Waals surface area contributed by atoms with Crippen molar-refractivity contribution in [1.29, 1.82) is 0 Å². The lowest BCUT2D eigenvalue weighted by Gasteiger charge is -2.29. The van der Waals surface area contributed by atoms with E-state index >= 15 is 0 Å². The Kier molecular flexibility index (Phi) is 4.32. The second-order valence-electron chi connectivity index (χ2n) is 5.95. The van der Waals surface area contributed by atoms with Gasteiger partial charge in [0.05, 0.1) is 11.7 Å². The number of aryl methyl sites for hydroxylation is 2. The number of fused-ring (bicyclic) bond motifs is 1. The maximum absolute atomic E-state index is 5.82. The molecule has 21 heavy (non-hydrogen) atoms. The third-order valence-electron chi connectivity index (χ3n) is 4.60. The Balaban J connectivity index is 1.84. The van der Waals surface area contributed by atoms with Gasteiger partial charge in [0, 0.05) is 6.20 Å². The summed E-state index contributed by atoms with van der Waals surface area (Å²) in [4.78, 5) is 4.53. The van der Waals surface area contributed by atoms with Crippen molar-refractivity contribution in [1.82, 2.24) is 10.4 Å². The van der Waals surface area contributed by atoms with Gasteiger partial charge in [-0.15, -0.1) is 0 Å². The number of nitrogens with zero attached hydrogens (tertiary/aromatic N) is 1. The number of hydrogen-bond acceptors (Lipinski definition) is 3. The van der Waals surface area contributed by atoms with Crippen LogP contribution >= 0.6 is 0 Å². The van der Waals surface area contributed by atoms with Crippen LogP contribution in [-0.2, 0) is 6.42 Å². The second kappa shape index (κ2) is 6.37. The van der Waals surface area contributed by atoms with Gasteiger partial charge in [0.1, 0.15) is 0 Å². The van der Waals surface area contributed by atoms with Crippen molar-refractivity contribution in [3.05, 3.63) is 65.0 Å². The molecule has 2 aromatic rings. The zero-order valence-corrected chi connectivity index (χ0v) is 12.5. The van der Waals surface area contributed by atoms with Gasteiger partial charge < -0.3 is 0 Å². The summed E-state index contributed by atoms with van der Waals surface area (Å²) in [7, 11) is 0. The van der Waals surface area contributed by atoms with Crippen molar-refractivity contribution in [2.45, 2.75) is 44.6 Å². The van der Waals surface area contributed by atoms with Crippen LogP contribution in [-0.4, -0.2) is 4.98 Å². The maximum atomic E-state index is 5.82. The Morgan fingerprint density at radius 1 is 1.29 bits per heavy atom. The van der Waals surface area contributed by atoms with Crippen LogP contribution in [0.1, 0.15) is 53.6 Å². The first-order chi connectivity index (χ1) is 10.3. The van der Waals surface area contributed by atoms with Crippen molar-refractivity contribution >= 4 is 0 Å². The van der Waals surface area contributed by atoms with Gasteiger partial charge in [0.15, 0.2) is 0 Å². The lowest BCUT2D eigenvalue weighted by molar-refractivity contribution is 0.418. The molecular weight excluding hydrogens is 258 g/mol. The molecule has 110 valence electrons. The summed E-state index contributed by atoms with van der Waals surface area (Å²) in [5, 5.41) is 0. The number of pyridine rings is 1. The molecule has 2 unspecified atom stereocenters. The number of nitrogens with two attached hydrogens (primary N) is 1. The van der Waals surface area contributed by atoms with E-state index < -0.39 is 0 Å². The molecule has 1 aromatic carbocycles. The van der Waals surface area contributed by atoms with E-state index in [9.17, 15) is 0 Å². The number of aromatic nitrogens is 1. The van der Waals surface area contributed by atoms with Gasteiger partial charge in [-0.1, -0.05) is 30.3 Å². The largest absolute Gasteiger partial charge is 0.271 e.